The molecule has 12 heteroatoms. The molecular formula is C25H32F5N3O4. The number of carboxylic acids is 1. The molecule has 206 valence electrons. The molecule has 1 amide bonds. The van der Waals surface area contributed by atoms with Crippen LogP contribution in [0.1, 0.15) is 57.2 Å². The maximum Gasteiger partial charge on any atom is 0.416 e. The first-order valence-corrected chi connectivity index (χ1v) is 11.9. The van der Waals surface area contributed by atoms with Gasteiger partial charge in [-0.25, -0.2) is 8.78 Å². The number of nitrogens with one attached hydrogen (secondary N) is 1. The maximum absolute atomic E-state index is 14.0. The number of pyridine rings is 1. The Morgan fingerprint density at radius 2 is 1.84 bits per heavy atom. The number of aromatic nitrogens is 1. The molecule has 2 rings (SSSR count). The fraction of sp³-hybridized carbons (Fsp3) is 0.560. The highest BCUT2D eigenvalue weighted by atomic mass is 19.4. The van der Waals surface area contributed by atoms with Crippen molar-refractivity contribution in [3.05, 3.63) is 57.5 Å². The number of halogens is 5. The van der Waals surface area contributed by atoms with Crippen LogP contribution in [0.3, 0.4) is 0 Å². The largest absolute Gasteiger partial charge is 0.481 e. The molecule has 0 aliphatic carbocycles. The molecule has 37 heavy (non-hydrogen) atoms. The zero-order valence-electron chi connectivity index (χ0n) is 21.0. The van der Waals surface area contributed by atoms with Crippen molar-refractivity contribution in [2.24, 2.45) is 5.92 Å². The Morgan fingerprint density at radius 3 is 2.27 bits per heavy atom. The highest BCUT2D eigenvalue weighted by molar-refractivity contribution is 5.82. The number of carbonyl (C=O) groups is 2. The van der Waals surface area contributed by atoms with E-state index in [0.717, 1.165) is 37.2 Å². The van der Waals surface area contributed by atoms with Gasteiger partial charge >= 0.3 is 12.1 Å². The minimum atomic E-state index is -4.79. The number of rotatable bonds is 12. The van der Waals surface area contributed by atoms with Gasteiger partial charge in [-0.05, 0) is 50.8 Å². The Kier molecular flexibility index (Phi) is 10.2. The second-order valence-corrected chi connectivity index (χ2v) is 9.56. The predicted molar refractivity (Wildman–Crippen MR) is 127 cm³/mol. The van der Waals surface area contributed by atoms with Crippen LogP contribution in [0.25, 0.3) is 0 Å². The monoisotopic (exact) mass is 533 g/mol. The summed E-state index contributed by atoms with van der Waals surface area (Å²) in [6.07, 6.45) is -3.74. The average molecular weight is 534 g/mol. The number of amides is 1. The molecule has 1 aliphatic rings. The van der Waals surface area contributed by atoms with Crippen LogP contribution in [-0.2, 0) is 22.2 Å². The molecule has 2 N–H and O–H groups in total. The van der Waals surface area contributed by atoms with Gasteiger partial charge in [0, 0.05) is 24.4 Å². The Hall–Kier alpha value is -3.02. The van der Waals surface area contributed by atoms with E-state index in [2.05, 4.69) is 11.9 Å². The number of carboxylic acid groups (broad SMARTS) is 1. The van der Waals surface area contributed by atoms with Gasteiger partial charge in [0.15, 0.2) is 0 Å². The third-order valence-electron chi connectivity index (χ3n) is 6.15. The van der Waals surface area contributed by atoms with Crippen LogP contribution in [-0.4, -0.2) is 52.1 Å². The van der Waals surface area contributed by atoms with Gasteiger partial charge < -0.3 is 19.9 Å². The first-order valence-electron chi connectivity index (χ1n) is 11.9. The molecular weight excluding hydrogens is 501 g/mol. The Bertz CT molecular complexity index is 1100. The van der Waals surface area contributed by atoms with E-state index in [4.69, 9.17) is 0 Å². The van der Waals surface area contributed by atoms with Crippen molar-refractivity contribution in [3.63, 3.8) is 0 Å². The summed E-state index contributed by atoms with van der Waals surface area (Å²) in [6.45, 7) is 9.16. The van der Waals surface area contributed by atoms with E-state index < -0.39 is 64.9 Å². The fourth-order valence-electron chi connectivity index (χ4n) is 4.26. The van der Waals surface area contributed by atoms with Gasteiger partial charge in [-0.1, -0.05) is 20.4 Å². The molecule has 1 unspecified atom stereocenters. The number of hydrogen-bond donors (Lipinski definition) is 2. The number of allylic oxidation sites excluding steroid dienone is 1. The van der Waals surface area contributed by atoms with Gasteiger partial charge in [-0.2, -0.15) is 13.2 Å². The highest BCUT2D eigenvalue weighted by Gasteiger charge is 2.36. The molecule has 1 fully saturated rings. The predicted octanol–water partition coefficient (Wildman–Crippen LogP) is 4.39. The highest BCUT2D eigenvalue weighted by Crippen LogP contribution is 2.32. The number of nitrogens with zero attached hydrogens (tertiary/aromatic N) is 2. The van der Waals surface area contributed by atoms with Crippen LogP contribution in [0.5, 0.6) is 0 Å². The van der Waals surface area contributed by atoms with Crippen molar-refractivity contribution in [1.82, 2.24) is 14.8 Å². The molecule has 0 aromatic carbocycles. The molecule has 7 nitrogen and oxygen atoms in total. The molecule has 0 saturated carbocycles. The minimum absolute atomic E-state index is 0.00725. The quantitative estimate of drug-likeness (QED) is 0.307. The van der Waals surface area contributed by atoms with E-state index >= 15 is 0 Å². The van der Waals surface area contributed by atoms with Crippen LogP contribution in [0.15, 0.2) is 40.9 Å². The number of aliphatic carboxylic acids is 1. The topological polar surface area (TPSA) is 91.6 Å². The van der Waals surface area contributed by atoms with E-state index in [1.54, 1.807) is 13.8 Å². The zero-order valence-corrected chi connectivity index (χ0v) is 21.0. The van der Waals surface area contributed by atoms with Crippen LogP contribution in [0.2, 0.25) is 0 Å². The molecule has 1 aliphatic heterocycles. The second-order valence-electron chi connectivity index (χ2n) is 9.56. The number of alkyl halides is 3. The Labute approximate surface area is 211 Å². The van der Waals surface area contributed by atoms with Crippen LogP contribution in [0.4, 0.5) is 22.0 Å². The first-order chi connectivity index (χ1) is 17.1. The van der Waals surface area contributed by atoms with E-state index in [1.807, 2.05) is 4.90 Å². The summed E-state index contributed by atoms with van der Waals surface area (Å²) in [4.78, 5) is 39.4. The number of hydrogen-bond acceptors (Lipinski definition) is 4. The summed E-state index contributed by atoms with van der Waals surface area (Å²) < 4.78 is 70.0. The smallest absolute Gasteiger partial charge is 0.416 e. The van der Waals surface area contributed by atoms with Crippen LogP contribution < -0.4 is 10.9 Å². The van der Waals surface area contributed by atoms with Gasteiger partial charge in [0.2, 0.25) is 5.91 Å². The van der Waals surface area contributed by atoms with Crippen LogP contribution in [0, 0.1) is 5.92 Å². The maximum atomic E-state index is 14.0. The normalized spacial score (nSPS) is 16.6. The summed E-state index contributed by atoms with van der Waals surface area (Å²) >= 11 is 0. The lowest BCUT2D eigenvalue weighted by molar-refractivity contribution is -0.139. The Morgan fingerprint density at radius 1 is 1.22 bits per heavy atom. The molecule has 0 bridgehead atoms. The van der Waals surface area contributed by atoms with Gasteiger partial charge in [0.05, 0.1) is 18.0 Å². The van der Waals surface area contributed by atoms with E-state index in [1.165, 1.54) is 0 Å². The van der Waals surface area contributed by atoms with Crippen molar-refractivity contribution in [2.45, 2.75) is 64.7 Å². The molecule has 0 spiro atoms. The van der Waals surface area contributed by atoms with E-state index in [-0.39, 0.29) is 24.3 Å². The van der Waals surface area contributed by atoms with Gasteiger partial charge in [0.25, 0.3) is 5.56 Å². The summed E-state index contributed by atoms with van der Waals surface area (Å²) in [5, 5.41) is 11.5. The number of carbonyl (C=O) groups excluding carboxylic acids is 1. The molecule has 1 aromatic heterocycles. The van der Waals surface area contributed by atoms with Crippen molar-refractivity contribution >= 4 is 11.9 Å². The summed E-state index contributed by atoms with van der Waals surface area (Å²) in [5.41, 5.74) is -3.09. The van der Waals surface area contributed by atoms with Crippen LogP contribution >= 0.6 is 0 Å². The standard InChI is InChI=1S/C25H32F5N3O4/c1-14(2)10-20(24(37)31-19(12-22(35)36)23(15(3)26)16(4)27)33-13-17(6-9-32-7-5-8-32)18(11-21(33)34)25(28,29)30/h11,13-14,19-20H,3,5-10,12H2,1-2,4H3,(H,31,37)(H,35,36)/b23-16-/t19-,20?/m0/s1. The molecule has 2 heterocycles. The third-order valence-corrected chi connectivity index (χ3v) is 6.15. The van der Waals surface area contributed by atoms with Crippen molar-refractivity contribution < 1.29 is 36.6 Å². The lowest BCUT2D eigenvalue weighted by Crippen LogP contribution is -2.45. The minimum Gasteiger partial charge on any atom is -0.481 e. The van der Waals surface area contributed by atoms with Gasteiger partial charge in [0.1, 0.15) is 17.7 Å². The molecule has 0 radical (unpaired) electrons. The van der Waals surface area contributed by atoms with E-state index in [9.17, 15) is 41.4 Å². The lowest BCUT2D eigenvalue weighted by atomic mass is 9.98. The van der Waals surface area contributed by atoms with E-state index in [0.29, 0.717) is 12.6 Å². The number of likely N-dealkylation sites (tertiary alicyclic amines) is 1. The Balaban J connectivity index is 2.53. The lowest BCUT2D eigenvalue weighted by Gasteiger charge is -2.31. The first kappa shape index (κ1) is 30.2. The summed E-state index contributed by atoms with van der Waals surface area (Å²) in [5.74, 6) is -5.03. The summed E-state index contributed by atoms with van der Waals surface area (Å²) in [7, 11) is 0. The van der Waals surface area contributed by atoms with Gasteiger partial charge in [-0.15, -0.1) is 0 Å². The molecule has 2 atom stereocenters. The molecule has 1 aromatic rings. The zero-order chi connectivity index (χ0) is 28.1. The molecule has 1 saturated heterocycles. The SMILES string of the molecule is C=C(F)/C(=C(\C)F)[C@H](CC(=O)O)NC(=O)C(CC(C)C)n1cc(CCN2CCC2)c(C(F)(F)F)cc1=O. The van der Waals surface area contributed by atoms with Gasteiger partial charge in [-0.3, -0.25) is 14.4 Å². The van der Waals surface area contributed by atoms with Crippen molar-refractivity contribution in [2.75, 3.05) is 19.6 Å². The average Bonchev–Trinajstić information content (AvgIpc) is 2.69. The second kappa shape index (κ2) is 12.5. The van der Waals surface area contributed by atoms with Crippen molar-refractivity contribution in [1.29, 1.82) is 0 Å². The fourth-order valence-corrected chi connectivity index (χ4v) is 4.26. The summed E-state index contributed by atoms with van der Waals surface area (Å²) in [6, 6.07) is -2.57. The third kappa shape index (κ3) is 8.24. The van der Waals surface area contributed by atoms with Crippen molar-refractivity contribution in [3.8, 4) is 0 Å².